The molecule has 0 radical (unpaired) electrons. The summed E-state index contributed by atoms with van der Waals surface area (Å²) in [5.74, 6) is -0.454. The molecule has 0 aromatic rings. The zero-order valence-corrected chi connectivity index (χ0v) is 13.5. The lowest BCUT2D eigenvalue weighted by Gasteiger charge is -2.30. The summed E-state index contributed by atoms with van der Waals surface area (Å²) in [4.78, 5) is 21.6. The molecule has 0 aromatic heterocycles. The molecule has 0 aliphatic carbocycles. The Kier molecular flexibility index (Phi) is 6.07. The molecule has 112 valence electrons. The molecule has 0 atom stereocenters. The van der Waals surface area contributed by atoms with Crippen LogP contribution in [0, 0.1) is 5.41 Å². The maximum atomic E-state index is 11.4. The van der Waals surface area contributed by atoms with E-state index in [1.165, 1.54) is 12.3 Å². The Labute approximate surface area is 117 Å². The average Bonchev–Trinajstić information content (AvgIpc) is 2.05. The lowest BCUT2D eigenvalue weighted by molar-refractivity contribution is -0.321. The third-order valence-electron chi connectivity index (χ3n) is 1.90. The second-order valence-corrected chi connectivity index (χ2v) is 7.51. The largest absolute Gasteiger partial charge is 0.457 e. The molecule has 0 spiro atoms. The molecule has 0 amide bonds. The van der Waals surface area contributed by atoms with Gasteiger partial charge in [-0.2, -0.15) is 4.89 Å². The molecular weight excluding hydrogens is 244 g/mol. The molecule has 0 heterocycles. The predicted octanol–water partition coefficient (Wildman–Crippen LogP) is 4.00. The first kappa shape index (κ1) is 18.0. The first-order valence-electron chi connectivity index (χ1n) is 6.55. The van der Waals surface area contributed by atoms with E-state index in [9.17, 15) is 4.79 Å². The van der Waals surface area contributed by atoms with Gasteiger partial charge >= 0.3 is 5.97 Å². The van der Waals surface area contributed by atoms with E-state index in [1.807, 2.05) is 34.6 Å². The van der Waals surface area contributed by atoms with Gasteiger partial charge in [0.2, 0.25) is 0 Å². The fourth-order valence-electron chi connectivity index (χ4n) is 1.88. The minimum Gasteiger partial charge on any atom is -0.457 e. The van der Waals surface area contributed by atoms with Crippen LogP contribution in [0.15, 0.2) is 12.3 Å². The summed E-state index contributed by atoms with van der Waals surface area (Å²) in [6.45, 7) is 15.7. The van der Waals surface area contributed by atoms with Gasteiger partial charge in [0.25, 0.3) is 0 Å². The van der Waals surface area contributed by atoms with Crippen molar-refractivity contribution < 1.29 is 19.3 Å². The summed E-state index contributed by atoms with van der Waals surface area (Å²) < 4.78 is 5.09. The van der Waals surface area contributed by atoms with Gasteiger partial charge in [-0.05, 0) is 46.5 Å². The third-order valence-corrected chi connectivity index (χ3v) is 1.90. The van der Waals surface area contributed by atoms with Crippen LogP contribution < -0.4 is 0 Å². The number of esters is 1. The molecule has 4 heteroatoms. The van der Waals surface area contributed by atoms with Crippen molar-refractivity contribution in [2.24, 2.45) is 5.41 Å². The number of hydrogen-bond donors (Lipinski definition) is 0. The van der Waals surface area contributed by atoms with Crippen molar-refractivity contribution in [3.63, 3.8) is 0 Å². The Morgan fingerprint density at radius 2 is 1.53 bits per heavy atom. The van der Waals surface area contributed by atoms with Gasteiger partial charge in [0.15, 0.2) is 0 Å². The highest BCUT2D eigenvalue weighted by Crippen LogP contribution is 2.29. The van der Waals surface area contributed by atoms with Crippen LogP contribution in [-0.2, 0) is 19.3 Å². The van der Waals surface area contributed by atoms with Crippen molar-refractivity contribution >= 4 is 5.97 Å². The van der Waals surface area contributed by atoms with Gasteiger partial charge in [0.1, 0.15) is 17.5 Å². The van der Waals surface area contributed by atoms with Crippen molar-refractivity contribution in [1.29, 1.82) is 0 Å². The standard InChI is InChI=1S/C15H28O4/c1-13(2,3)11-15(7,8)19-17-10-9-12(16)18-14(4,5)6/h9-10H,11H2,1-8H3. The van der Waals surface area contributed by atoms with Crippen molar-refractivity contribution in [3.05, 3.63) is 12.3 Å². The van der Waals surface area contributed by atoms with Crippen LogP contribution >= 0.6 is 0 Å². The number of carbonyl (C=O) groups is 1. The van der Waals surface area contributed by atoms with Crippen molar-refractivity contribution in [2.45, 2.75) is 73.0 Å². The van der Waals surface area contributed by atoms with E-state index < -0.39 is 17.2 Å². The van der Waals surface area contributed by atoms with E-state index >= 15 is 0 Å². The van der Waals surface area contributed by atoms with Crippen LogP contribution in [0.1, 0.15) is 61.8 Å². The van der Waals surface area contributed by atoms with E-state index in [0.29, 0.717) is 0 Å². The molecule has 0 aliphatic rings. The molecule has 0 bridgehead atoms. The summed E-state index contributed by atoms with van der Waals surface area (Å²) in [7, 11) is 0. The molecule has 0 N–H and O–H groups in total. The van der Waals surface area contributed by atoms with Gasteiger partial charge in [-0.1, -0.05) is 20.8 Å². The lowest BCUT2D eigenvalue weighted by Crippen LogP contribution is -2.29. The SMILES string of the molecule is CC(C)(C)CC(C)(C)OOC=CC(=O)OC(C)(C)C. The van der Waals surface area contributed by atoms with E-state index in [1.54, 1.807) is 0 Å². The fourth-order valence-corrected chi connectivity index (χ4v) is 1.88. The molecule has 0 aliphatic heterocycles. The Morgan fingerprint density at radius 1 is 1.00 bits per heavy atom. The van der Waals surface area contributed by atoms with Crippen LogP contribution in [0.4, 0.5) is 0 Å². The second kappa shape index (κ2) is 6.42. The summed E-state index contributed by atoms with van der Waals surface area (Å²) in [6.07, 6.45) is 3.25. The van der Waals surface area contributed by atoms with Gasteiger partial charge in [0.05, 0.1) is 6.08 Å². The lowest BCUT2D eigenvalue weighted by atomic mass is 9.84. The highest BCUT2D eigenvalue weighted by Gasteiger charge is 2.27. The minimum absolute atomic E-state index is 0.141. The fraction of sp³-hybridized carbons (Fsp3) is 0.800. The first-order chi connectivity index (χ1) is 8.31. The van der Waals surface area contributed by atoms with Gasteiger partial charge < -0.3 is 9.62 Å². The monoisotopic (exact) mass is 272 g/mol. The second-order valence-electron chi connectivity index (χ2n) is 7.51. The number of ether oxygens (including phenoxy) is 1. The topological polar surface area (TPSA) is 44.8 Å². The van der Waals surface area contributed by atoms with Crippen LogP contribution in [0.25, 0.3) is 0 Å². The summed E-state index contributed by atoms with van der Waals surface area (Å²) in [5, 5.41) is 0. The number of carbonyl (C=O) groups excluding carboxylic acids is 1. The number of hydrogen-bond acceptors (Lipinski definition) is 4. The van der Waals surface area contributed by atoms with E-state index in [0.717, 1.165) is 6.42 Å². The van der Waals surface area contributed by atoms with Crippen molar-refractivity contribution in [2.75, 3.05) is 0 Å². The molecule has 0 fully saturated rings. The zero-order valence-electron chi connectivity index (χ0n) is 13.5. The number of rotatable bonds is 5. The van der Waals surface area contributed by atoms with Crippen molar-refractivity contribution in [1.82, 2.24) is 0 Å². The Balaban J connectivity index is 4.12. The van der Waals surface area contributed by atoms with Crippen molar-refractivity contribution in [3.8, 4) is 0 Å². The first-order valence-corrected chi connectivity index (χ1v) is 6.55. The van der Waals surface area contributed by atoms with Crippen LogP contribution in [0.2, 0.25) is 0 Å². The highest BCUT2D eigenvalue weighted by molar-refractivity contribution is 5.81. The van der Waals surface area contributed by atoms with Gasteiger partial charge in [0, 0.05) is 0 Å². The Morgan fingerprint density at radius 3 is 1.95 bits per heavy atom. The molecule has 19 heavy (non-hydrogen) atoms. The minimum atomic E-state index is -0.506. The molecule has 0 rings (SSSR count). The van der Waals surface area contributed by atoms with Gasteiger partial charge in [-0.3, -0.25) is 0 Å². The normalized spacial score (nSPS) is 13.7. The van der Waals surface area contributed by atoms with Crippen LogP contribution in [0.5, 0.6) is 0 Å². The summed E-state index contributed by atoms with van der Waals surface area (Å²) in [5.41, 5.74) is -0.786. The third kappa shape index (κ3) is 11.8. The summed E-state index contributed by atoms with van der Waals surface area (Å²) in [6, 6.07) is 0. The van der Waals surface area contributed by atoms with E-state index in [4.69, 9.17) is 14.5 Å². The van der Waals surface area contributed by atoms with Gasteiger partial charge in [-0.25, -0.2) is 4.79 Å². The summed E-state index contributed by atoms with van der Waals surface area (Å²) >= 11 is 0. The maximum Gasteiger partial charge on any atom is 0.334 e. The van der Waals surface area contributed by atoms with Crippen LogP contribution in [0.3, 0.4) is 0 Å². The molecule has 0 saturated heterocycles. The molecule has 4 nitrogen and oxygen atoms in total. The Hall–Kier alpha value is -1.03. The molecule has 0 saturated carbocycles. The smallest absolute Gasteiger partial charge is 0.334 e. The van der Waals surface area contributed by atoms with Crippen LogP contribution in [-0.4, -0.2) is 17.2 Å². The van der Waals surface area contributed by atoms with E-state index in [-0.39, 0.29) is 5.41 Å². The average molecular weight is 272 g/mol. The quantitative estimate of drug-likeness (QED) is 0.249. The van der Waals surface area contributed by atoms with E-state index in [2.05, 4.69) is 20.8 Å². The molecule has 0 aromatic carbocycles. The Bertz CT molecular complexity index is 316. The maximum absolute atomic E-state index is 11.4. The van der Waals surface area contributed by atoms with Gasteiger partial charge in [-0.15, -0.1) is 0 Å². The highest BCUT2D eigenvalue weighted by atomic mass is 17.2. The molecular formula is C15H28O4. The zero-order chi connectivity index (χ0) is 15.3. The molecule has 0 unspecified atom stereocenters. The predicted molar refractivity (Wildman–Crippen MR) is 75.3 cm³/mol.